The van der Waals surface area contributed by atoms with Crippen molar-refractivity contribution >= 4 is 39.5 Å². The fraction of sp³-hybridized carbons (Fsp3) is 0. The summed E-state index contributed by atoms with van der Waals surface area (Å²) < 4.78 is 5.99. The molecule has 0 saturated carbocycles. The fourth-order valence-electron chi connectivity index (χ4n) is 1.56. The number of rotatable bonds is 4. The quantitative estimate of drug-likeness (QED) is 0.455. The topological polar surface area (TPSA) is 69.4 Å². The van der Waals surface area contributed by atoms with E-state index in [4.69, 9.17) is 16.3 Å². The lowest BCUT2D eigenvalue weighted by molar-refractivity contribution is -0.385. The Kier molecular flexibility index (Phi) is 4.36. The van der Waals surface area contributed by atoms with Crippen LogP contribution in [0.15, 0.2) is 40.9 Å². The number of nitrogens with zero attached hydrogens (tertiary/aromatic N) is 1. The SMILES string of the molecule is O=Cc1cccc(Cl)c1Oc1cc(Br)cc([N+](=O)[O-])c1. The van der Waals surface area contributed by atoms with Crippen LogP contribution < -0.4 is 4.74 Å². The highest BCUT2D eigenvalue weighted by atomic mass is 79.9. The Hall–Kier alpha value is -1.92. The van der Waals surface area contributed by atoms with Gasteiger partial charge in [0.05, 0.1) is 21.6 Å². The largest absolute Gasteiger partial charge is 0.455 e. The van der Waals surface area contributed by atoms with Gasteiger partial charge in [-0.1, -0.05) is 33.6 Å². The van der Waals surface area contributed by atoms with Crippen LogP contribution in [0.4, 0.5) is 5.69 Å². The second kappa shape index (κ2) is 6.02. The van der Waals surface area contributed by atoms with Gasteiger partial charge in [-0.3, -0.25) is 14.9 Å². The minimum Gasteiger partial charge on any atom is -0.455 e. The molecule has 0 aromatic heterocycles. The minimum atomic E-state index is -0.537. The summed E-state index contributed by atoms with van der Waals surface area (Å²) in [5, 5.41) is 11.0. The average molecular weight is 357 g/mol. The van der Waals surface area contributed by atoms with E-state index in [0.29, 0.717) is 10.8 Å². The first-order valence-electron chi connectivity index (χ1n) is 5.38. The second-order valence-corrected chi connectivity index (χ2v) is 5.10. The number of aldehydes is 1. The van der Waals surface area contributed by atoms with E-state index in [9.17, 15) is 14.9 Å². The van der Waals surface area contributed by atoms with Crippen LogP contribution in [0, 0.1) is 10.1 Å². The molecule has 0 heterocycles. The van der Waals surface area contributed by atoms with E-state index < -0.39 is 4.92 Å². The summed E-state index contributed by atoms with van der Waals surface area (Å²) in [6.45, 7) is 0. The number of non-ortho nitro benzene ring substituents is 1. The third-order valence-electron chi connectivity index (χ3n) is 2.41. The van der Waals surface area contributed by atoms with Crippen molar-refractivity contribution in [2.75, 3.05) is 0 Å². The van der Waals surface area contributed by atoms with Crippen LogP contribution in [0.3, 0.4) is 0 Å². The number of benzene rings is 2. The van der Waals surface area contributed by atoms with E-state index in [1.54, 1.807) is 24.3 Å². The van der Waals surface area contributed by atoms with Gasteiger partial charge in [-0.15, -0.1) is 0 Å². The van der Waals surface area contributed by atoms with Crippen LogP contribution >= 0.6 is 27.5 Å². The molecule has 20 heavy (non-hydrogen) atoms. The summed E-state index contributed by atoms with van der Waals surface area (Å²) in [5.41, 5.74) is 0.134. The third kappa shape index (κ3) is 3.15. The predicted octanol–water partition coefficient (Wildman–Crippen LogP) is 4.62. The van der Waals surface area contributed by atoms with Crippen molar-refractivity contribution in [2.24, 2.45) is 0 Å². The smallest absolute Gasteiger partial charge is 0.274 e. The zero-order valence-electron chi connectivity index (χ0n) is 9.88. The summed E-state index contributed by atoms with van der Waals surface area (Å²) >= 11 is 9.13. The van der Waals surface area contributed by atoms with Gasteiger partial charge in [0, 0.05) is 10.5 Å². The Morgan fingerprint density at radius 2 is 2.05 bits per heavy atom. The van der Waals surface area contributed by atoms with Gasteiger partial charge in [-0.2, -0.15) is 0 Å². The van der Waals surface area contributed by atoms with Crippen LogP contribution in [0.5, 0.6) is 11.5 Å². The molecule has 0 saturated heterocycles. The van der Waals surface area contributed by atoms with Crippen molar-refractivity contribution in [3.8, 4) is 11.5 Å². The highest BCUT2D eigenvalue weighted by Crippen LogP contribution is 2.35. The molecule has 102 valence electrons. The number of ether oxygens (including phenoxy) is 1. The van der Waals surface area contributed by atoms with E-state index in [1.165, 1.54) is 12.1 Å². The predicted molar refractivity (Wildman–Crippen MR) is 77.7 cm³/mol. The highest BCUT2D eigenvalue weighted by Gasteiger charge is 2.13. The molecule has 2 aromatic carbocycles. The molecule has 0 unspecified atom stereocenters. The molecule has 0 spiro atoms. The summed E-state index contributed by atoms with van der Waals surface area (Å²) in [4.78, 5) is 21.2. The molecule has 0 aliphatic heterocycles. The molecule has 0 aliphatic carbocycles. The molecular weight excluding hydrogens is 350 g/mol. The molecule has 0 atom stereocenters. The van der Waals surface area contributed by atoms with Gasteiger partial charge in [0.25, 0.3) is 5.69 Å². The van der Waals surface area contributed by atoms with Gasteiger partial charge < -0.3 is 4.74 Å². The first-order valence-corrected chi connectivity index (χ1v) is 6.55. The highest BCUT2D eigenvalue weighted by molar-refractivity contribution is 9.10. The molecule has 0 amide bonds. The zero-order chi connectivity index (χ0) is 14.7. The average Bonchev–Trinajstić information content (AvgIpc) is 2.40. The Morgan fingerprint density at radius 1 is 1.30 bits per heavy atom. The molecule has 0 N–H and O–H groups in total. The van der Waals surface area contributed by atoms with Gasteiger partial charge in [0.15, 0.2) is 12.0 Å². The van der Waals surface area contributed by atoms with Crippen LogP contribution in [0.2, 0.25) is 5.02 Å². The van der Waals surface area contributed by atoms with E-state index in [1.807, 2.05) is 0 Å². The number of carbonyl (C=O) groups is 1. The summed E-state index contributed by atoms with van der Waals surface area (Å²) in [6.07, 6.45) is 0.605. The molecule has 0 bridgehead atoms. The molecule has 0 aliphatic rings. The molecule has 7 heteroatoms. The number of para-hydroxylation sites is 1. The number of carbonyl (C=O) groups excluding carboxylic acids is 1. The van der Waals surface area contributed by atoms with Crippen molar-refractivity contribution in [1.82, 2.24) is 0 Å². The summed E-state index contributed by atoms with van der Waals surface area (Å²) in [5.74, 6) is 0.374. The van der Waals surface area contributed by atoms with Crippen LogP contribution in [-0.2, 0) is 0 Å². The van der Waals surface area contributed by atoms with E-state index in [2.05, 4.69) is 15.9 Å². The Bertz CT molecular complexity index is 690. The lowest BCUT2D eigenvalue weighted by Gasteiger charge is -2.10. The molecular formula is C13H7BrClNO4. The van der Waals surface area contributed by atoms with Crippen molar-refractivity contribution in [3.05, 3.63) is 61.6 Å². The maximum absolute atomic E-state index is 11.0. The molecule has 0 fully saturated rings. The number of hydrogen-bond acceptors (Lipinski definition) is 4. The minimum absolute atomic E-state index is 0.130. The number of nitro benzene ring substituents is 1. The molecule has 2 rings (SSSR count). The normalized spacial score (nSPS) is 10.1. The van der Waals surface area contributed by atoms with E-state index in [-0.39, 0.29) is 27.8 Å². The fourth-order valence-corrected chi connectivity index (χ4v) is 2.24. The maximum atomic E-state index is 11.0. The van der Waals surface area contributed by atoms with Gasteiger partial charge in [-0.25, -0.2) is 0 Å². The number of hydrogen-bond donors (Lipinski definition) is 0. The Labute approximate surface area is 127 Å². The van der Waals surface area contributed by atoms with Gasteiger partial charge in [-0.05, 0) is 18.2 Å². The first-order chi connectivity index (χ1) is 9.51. The van der Waals surface area contributed by atoms with Crippen LogP contribution in [0.1, 0.15) is 10.4 Å². The standard InChI is InChI=1S/C13H7BrClNO4/c14-9-4-10(16(18)19)6-11(5-9)20-13-8(7-17)2-1-3-12(13)15/h1-7H. The van der Waals surface area contributed by atoms with Gasteiger partial charge in [0.2, 0.25) is 0 Å². The van der Waals surface area contributed by atoms with Crippen molar-refractivity contribution in [2.45, 2.75) is 0 Å². The summed E-state index contributed by atoms with van der Waals surface area (Å²) in [6, 6.07) is 8.87. The lowest BCUT2D eigenvalue weighted by atomic mass is 10.2. The van der Waals surface area contributed by atoms with Crippen molar-refractivity contribution in [1.29, 1.82) is 0 Å². The monoisotopic (exact) mass is 355 g/mol. The van der Waals surface area contributed by atoms with Gasteiger partial charge >= 0.3 is 0 Å². The summed E-state index contributed by atoms with van der Waals surface area (Å²) in [7, 11) is 0. The van der Waals surface area contributed by atoms with Crippen LogP contribution in [0.25, 0.3) is 0 Å². The first kappa shape index (κ1) is 14.5. The molecule has 2 aromatic rings. The lowest BCUT2D eigenvalue weighted by Crippen LogP contribution is -1.93. The number of nitro groups is 1. The van der Waals surface area contributed by atoms with E-state index in [0.717, 1.165) is 0 Å². The van der Waals surface area contributed by atoms with Crippen LogP contribution in [-0.4, -0.2) is 11.2 Å². The zero-order valence-corrected chi connectivity index (χ0v) is 12.2. The maximum Gasteiger partial charge on any atom is 0.274 e. The second-order valence-electron chi connectivity index (χ2n) is 3.78. The number of halogens is 2. The van der Waals surface area contributed by atoms with Gasteiger partial charge in [0.1, 0.15) is 5.75 Å². The molecule has 0 radical (unpaired) electrons. The third-order valence-corrected chi connectivity index (χ3v) is 3.17. The van der Waals surface area contributed by atoms with E-state index >= 15 is 0 Å². The Balaban J connectivity index is 2.45. The van der Waals surface area contributed by atoms with Crippen molar-refractivity contribution < 1.29 is 14.5 Å². The molecule has 5 nitrogen and oxygen atoms in total. The Morgan fingerprint density at radius 3 is 2.70 bits per heavy atom. The van der Waals surface area contributed by atoms with Crippen molar-refractivity contribution in [3.63, 3.8) is 0 Å².